The standard InChI is InChI=1S/C15H17NS/c1-3-13-8-7-9-14(12-13)16(2)17-15-10-5-4-6-11-15/h4-12H,3H2,1-2H3. The number of hydrogen-bond acceptors (Lipinski definition) is 2. The third-order valence-electron chi connectivity index (χ3n) is 2.67. The zero-order valence-corrected chi connectivity index (χ0v) is 11.1. The Labute approximate surface area is 108 Å². The first-order valence-corrected chi connectivity index (χ1v) is 6.62. The highest BCUT2D eigenvalue weighted by molar-refractivity contribution is 8.00. The number of benzene rings is 2. The van der Waals surface area contributed by atoms with Crippen molar-refractivity contribution in [2.45, 2.75) is 18.2 Å². The smallest absolute Gasteiger partial charge is 0.0472 e. The van der Waals surface area contributed by atoms with Crippen LogP contribution in [0.25, 0.3) is 0 Å². The van der Waals surface area contributed by atoms with Gasteiger partial charge >= 0.3 is 0 Å². The molecule has 2 rings (SSSR count). The van der Waals surface area contributed by atoms with Crippen LogP contribution in [0.5, 0.6) is 0 Å². The molecule has 0 saturated heterocycles. The van der Waals surface area contributed by atoms with E-state index in [-0.39, 0.29) is 0 Å². The summed E-state index contributed by atoms with van der Waals surface area (Å²) in [5.74, 6) is 0. The van der Waals surface area contributed by atoms with Crippen LogP contribution >= 0.6 is 11.9 Å². The predicted molar refractivity (Wildman–Crippen MR) is 76.5 cm³/mol. The molecule has 0 aliphatic rings. The molecule has 88 valence electrons. The third kappa shape index (κ3) is 3.27. The van der Waals surface area contributed by atoms with Gasteiger partial charge in [0, 0.05) is 17.6 Å². The molecule has 1 nitrogen and oxygen atoms in total. The van der Waals surface area contributed by atoms with Crippen LogP contribution in [-0.2, 0) is 6.42 Å². The molecule has 2 aromatic rings. The molecule has 0 radical (unpaired) electrons. The molecule has 0 aromatic heterocycles. The van der Waals surface area contributed by atoms with Crippen LogP contribution in [0.2, 0.25) is 0 Å². The Morgan fingerprint density at radius 3 is 2.47 bits per heavy atom. The summed E-state index contributed by atoms with van der Waals surface area (Å²) in [5.41, 5.74) is 2.63. The maximum absolute atomic E-state index is 2.25. The lowest BCUT2D eigenvalue weighted by molar-refractivity contribution is 1.13. The fourth-order valence-corrected chi connectivity index (χ4v) is 2.48. The minimum Gasteiger partial charge on any atom is -0.315 e. The Bertz CT molecular complexity index is 467. The molecule has 0 N–H and O–H groups in total. The van der Waals surface area contributed by atoms with E-state index < -0.39 is 0 Å². The van der Waals surface area contributed by atoms with Crippen LogP contribution < -0.4 is 4.31 Å². The van der Waals surface area contributed by atoms with Crippen molar-refractivity contribution in [3.8, 4) is 0 Å². The summed E-state index contributed by atoms with van der Waals surface area (Å²) >= 11 is 1.75. The van der Waals surface area contributed by atoms with Gasteiger partial charge in [-0.15, -0.1) is 0 Å². The highest BCUT2D eigenvalue weighted by Gasteiger charge is 2.03. The van der Waals surface area contributed by atoms with Crippen molar-refractivity contribution in [2.24, 2.45) is 0 Å². The molecule has 0 fully saturated rings. The van der Waals surface area contributed by atoms with E-state index in [1.165, 1.54) is 16.1 Å². The van der Waals surface area contributed by atoms with Gasteiger partial charge in [-0.1, -0.05) is 37.3 Å². The van der Waals surface area contributed by atoms with E-state index in [1.807, 2.05) is 6.07 Å². The second-order valence-corrected chi connectivity index (χ2v) is 5.13. The maximum atomic E-state index is 2.25. The molecule has 0 heterocycles. The van der Waals surface area contributed by atoms with Gasteiger partial charge in [-0.05, 0) is 48.2 Å². The summed E-state index contributed by atoms with van der Waals surface area (Å²) in [4.78, 5) is 1.26. The molecule has 0 aliphatic carbocycles. The van der Waals surface area contributed by atoms with E-state index in [0.29, 0.717) is 0 Å². The van der Waals surface area contributed by atoms with Gasteiger partial charge in [0.05, 0.1) is 0 Å². The maximum Gasteiger partial charge on any atom is 0.0472 e. The van der Waals surface area contributed by atoms with Gasteiger partial charge in [0.2, 0.25) is 0 Å². The Hall–Kier alpha value is -1.41. The molecule has 17 heavy (non-hydrogen) atoms. The van der Waals surface area contributed by atoms with Crippen LogP contribution in [-0.4, -0.2) is 7.05 Å². The van der Waals surface area contributed by atoms with Crippen LogP contribution in [0.15, 0.2) is 59.5 Å². The molecule has 0 atom stereocenters. The average molecular weight is 243 g/mol. The third-order valence-corrected chi connectivity index (χ3v) is 3.64. The summed E-state index contributed by atoms with van der Waals surface area (Å²) < 4.78 is 2.20. The molecule has 0 saturated carbocycles. The summed E-state index contributed by atoms with van der Waals surface area (Å²) in [6, 6.07) is 19.1. The number of rotatable bonds is 4. The van der Waals surface area contributed by atoms with Gasteiger partial charge in [0.1, 0.15) is 0 Å². The van der Waals surface area contributed by atoms with Crippen molar-refractivity contribution in [2.75, 3.05) is 11.4 Å². The SMILES string of the molecule is CCc1cccc(N(C)Sc2ccccc2)c1. The lowest BCUT2D eigenvalue weighted by atomic mass is 10.1. The summed E-state index contributed by atoms with van der Waals surface area (Å²) in [6.07, 6.45) is 1.08. The minimum absolute atomic E-state index is 1.08. The number of aryl methyl sites for hydroxylation is 1. The van der Waals surface area contributed by atoms with Crippen molar-refractivity contribution in [3.05, 3.63) is 60.2 Å². The second kappa shape index (κ2) is 5.78. The van der Waals surface area contributed by atoms with Gasteiger partial charge in [-0.25, -0.2) is 0 Å². The molecule has 0 bridgehead atoms. The van der Waals surface area contributed by atoms with Gasteiger partial charge in [0.15, 0.2) is 0 Å². The topological polar surface area (TPSA) is 3.24 Å². The summed E-state index contributed by atoms with van der Waals surface area (Å²) in [5, 5.41) is 0. The zero-order chi connectivity index (χ0) is 12.1. The van der Waals surface area contributed by atoms with Gasteiger partial charge in [-0.2, -0.15) is 0 Å². The largest absolute Gasteiger partial charge is 0.315 e. The van der Waals surface area contributed by atoms with E-state index in [4.69, 9.17) is 0 Å². The predicted octanol–water partition coefficient (Wildman–Crippen LogP) is 4.39. The van der Waals surface area contributed by atoms with Crippen molar-refractivity contribution in [1.29, 1.82) is 0 Å². The molecular weight excluding hydrogens is 226 g/mol. The van der Waals surface area contributed by atoms with E-state index in [2.05, 4.69) is 66.8 Å². The first-order valence-electron chi connectivity index (χ1n) is 5.85. The Morgan fingerprint density at radius 2 is 1.76 bits per heavy atom. The van der Waals surface area contributed by atoms with Crippen molar-refractivity contribution in [3.63, 3.8) is 0 Å². The van der Waals surface area contributed by atoms with Gasteiger partial charge in [-0.3, -0.25) is 0 Å². The summed E-state index contributed by atoms with van der Waals surface area (Å²) in [7, 11) is 2.10. The highest BCUT2D eigenvalue weighted by Crippen LogP contribution is 2.27. The fourth-order valence-electron chi connectivity index (χ4n) is 1.66. The number of hydrogen-bond donors (Lipinski definition) is 0. The minimum atomic E-state index is 1.08. The molecule has 2 heteroatoms. The van der Waals surface area contributed by atoms with Gasteiger partial charge in [0.25, 0.3) is 0 Å². The number of anilines is 1. The van der Waals surface area contributed by atoms with Crippen LogP contribution in [0.1, 0.15) is 12.5 Å². The highest BCUT2D eigenvalue weighted by atomic mass is 32.2. The Morgan fingerprint density at radius 1 is 1.00 bits per heavy atom. The van der Waals surface area contributed by atoms with Gasteiger partial charge < -0.3 is 4.31 Å². The molecular formula is C15H17NS. The first-order chi connectivity index (χ1) is 8.29. The molecule has 0 aliphatic heterocycles. The first kappa shape index (κ1) is 12.1. The van der Waals surface area contributed by atoms with Crippen molar-refractivity contribution < 1.29 is 0 Å². The van der Waals surface area contributed by atoms with Crippen LogP contribution in [0.3, 0.4) is 0 Å². The van der Waals surface area contributed by atoms with E-state index in [1.54, 1.807) is 11.9 Å². The number of nitrogens with zero attached hydrogens (tertiary/aromatic N) is 1. The van der Waals surface area contributed by atoms with E-state index in [0.717, 1.165) is 6.42 Å². The van der Waals surface area contributed by atoms with Crippen LogP contribution in [0, 0.1) is 0 Å². The molecule has 0 unspecified atom stereocenters. The van der Waals surface area contributed by atoms with E-state index >= 15 is 0 Å². The lowest BCUT2D eigenvalue weighted by Gasteiger charge is -2.18. The van der Waals surface area contributed by atoms with Crippen molar-refractivity contribution >= 4 is 17.6 Å². The van der Waals surface area contributed by atoms with Crippen molar-refractivity contribution in [1.82, 2.24) is 0 Å². The molecule has 2 aromatic carbocycles. The van der Waals surface area contributed by atoms with E-state index in [9.17, 15) is 0 Å². The Kier molecular flexibility index (Phi) is 4.10. The second-order valence-electron chi connectivity index (χ2n) is 3.93. The zero-order valence-electron chi connectivity index (χ0n) is 10.3. The monoisotopic (exact) mass is 243 g/mol. The molecule has 0 amide bonds. The summed E-state index contributed by atoms with van der Waals surface area (Å²) in [6.45, 7) is 2.18. The Balaban J connectivity index is 2.11. The quantitative estimate of drug-likeness (QED) is 0.733. The fraction of sp³-hybridized carbons (Fsp3) is 0.200. The molecule has 0 spiro atoms. The normalized spacial score (nSPS) is 10.2. The van der Waals surface area contributed by atoms with Crippen LogP contribution in [0.4, 0.5) is 5.69 Å². The average Bonchev–Trinajstić information content (AvgIpc) is 2.40. The lowest BCUT2D eigenvalue weighted by Crippen LogP contribution is -2.06.